The summed E-state index contributed by atoms with van der Waals surface area (Å²) in [6, 6.07) is 4.58. The van der Waals surface area contributed by atoms with Gasteiger partial charge in [0.1, 0.15) is 5.82 Å². The first-order chi connectivity index (χ1) is 6.77. The van der Waals surface area contributed by atoms with E-state index < -0.39 is 0 Å². The molecule has 0 aromatic carbocycles. The zero-order chi connectivity index (χ0) is 9.97. The maximum atomic E-state index is 5.39. The number of pyridine rings is 1. The molecule has 0 saturated carbocycles. The summed E-state index contributed by atoms with van der Waals surface area (Å²) < 4.78 is 5.39. The zero-order valence-electron chi connectivity index (χ0n) is 8.73. The van der Waals surface area contributed by atoms with Crippen molar-refractivity contribution in [3.8, 4) is 0 Å². The van der Waals surface area contributed by atoms with Crippen molar-refractivity contribution in [3.05, 3.63) is 23.9 Å². The van der Waals surface area contributed by atoms with Crippen LogP contribution in [0.3, 0.4) is 0 Å². The van der Waals surface area contributed by atoms with E-state index in [9.17, 15) is 0 Å². The molecule has 0 N–H and O–H groups in total. The van der Waals surface area contributed by atoms with Gasteiger partial charge in [0.05, 0.1) is 19.3 Å². The van der Waals surface area contributed by atoms with Crippen molar-refractivity contribution >= 4 is 5.82 Å². The van der Waals surface area contributed by atoms with Gasteiger partial charge >= 0.3 is 0 Å². The van der Waals surface area contributed by atoms with Gasteiger partial charge < -0.3 is 9.64 Å². The number of morpholine rings is 1. The van der Waals surface area contributed by atoms with E-state index in [2.05, 4.69) is 29.8 Å². The first-order valence-electron chi connectivity index (χ1n) is 5.04. The van der Waals surface area contributed by atoms with Crippen LogP contribution in [0.1, 0.15) is 12.5 Å². The molecule has 14 heavy (non-hydrogen) atoms. The number of aryl methyl sites for hydroxylation is 1. The van der Waals surface area contributed by atoms with Crippen LogP contribution < -0.4 is 4.90 Å². The Bertz CT molecular complexity index is 314. The predicted octanol–water partition coefficient (Wildman–Crippen LogP) is 1.62. The van der Waals surface area contributed by atoms with E-state index in [4.69, 9.17) is 4.74 Å². The Morgan fingerprint density at radius 3 is 3.14 bits per heavy atom. The van der Waals surface area contributed by atoms with E-state index in [0.29, 0.717) is 6.04 Å². The fraction of sp³-hybridized carbons (Fsp3) is 0.545. The molecule has 2 heterocycles. The van der Waals surface area contributed by atoms with Gasteiger partial charge in [-0.3, -0.25) is 0 Å². The fourth-order valence-electron chi connectivity index (χ4n) is 1.74. The first-order valence-corrected chi connectivity index (χ1v) is 5.04. The summed E-state index contributed by atoms with van der Waals surface area (Å²) in [6.45, 7) is 6.81. The lowest BCUT2D eigenvalue weighted by Gasteiger charge is -2.34. The van der Waals surface area contributed by atoms with E-state index in [1.165, 1.54) is 5.56 Å². The molecule has 0 aliphatic carbocycles. The lowest BCUT2D eigenvalue weighted by atomic mass is 10.2. The number of hydrogen-bond donors (Lipinski definition) is 0. The summed E-state index contributed by atoms with van der Waals surface area (Å²) in [4.78, 5) is 6.69. The third-order valence-corrected chi connectivity index (χ3v) is 2.56. The minimum Gasteiger partial charge on any atom is -0.377 e. The molecule has 0 radical (unpaired) electrons. The molecule has 76 valence electrons. The molecular weight excluding hydrogens is 176 g/mol. The van der Waals surface area contributed by atoms with Gasteiger partial charge in [0.15, 0.2) is 0 Å². The van der Waals surface area contributed by atoms with E-state index >= 15 is 0 Å². The maximum Gasteiger partial charge on any atom is 0.129 e. The molecule has 0 amide bonds. The van der Waals surface area contributed by atoms with Crippen LogP contribution in [0.15, 0.2) is 18.3 Å². The number of aromatic nitrogens is 1. The summed E-state index contributed by atoms with van der Waals surface area (Å²) >= 11 is 0. The predicted molar refractivity (Wildman–Crippen MR) is 56.6 cm³/mol. The normalized spacial score (nSPS) is 22.4. The highest BCUT2D eigenvalue weighted by molar-refractivity contribution is 5.42. The first kappa shape index (κ1) is 9.46. The number of hydrogen-bond acceptors (Lipinski definition) is 3. The van der Waals surface area contributed by atoms with Crippen molar-refractivity contribution in [2.45, 2.75) is 19.9 Å². The van der Waals surface area contributed by atoms with Crippen LogP contribution in [0.5, 0.6) is 0 Å². The Morgan fingerprint density at radius 2 is 2.43 bits per heavy atom. The average Bonchev–Trinajstić information content (AvgIpc) is 2.18. The van der Waals surface area contributed by atoms with Crippen molar-refractivity contribution < 1.29 is 4.74 Å². The molecule has 1 saturated heterocycles. The van der Waals surface area contributed by atoms with Gasteiger partial charge in [-0.1, -0.05) is 0 Å². The fourth-order valence-corrected chi connectivity index (χ4v) is 1.74. The highest BCUT2D eigenvalue weighted by Gasteiger charge is 2.19. The molecule has 0 spiro atoms. The summed E-state index contributed by atoms with van der Waals surface area (Å²) in [5.41, 5.74) is 1.26. The summed E-state index contributed by atoms with van der Waals surface area (Å²) in [6.07, 6.45) is 1.87. The lowest BCUT2D eigenvalue weighted by molar-refractivity contribution is 0.0985. The van der Waals surface area contributed by atoms with Crippen molar-refractivity contribution in [1.29, 1.82) is 0 Å². The Kier molecular flexibility index (Phi) is 2.68. The molecule has 3 nitrogen and oxygen atoms in total. The monoisotopic (exact) mass is 192 g/mol. The van der Waals surface area contributed by atoms with Gasteiger partial charge in [-0.2, -0.15) is 0 Å². The van der Waals surface area contributed by atoms with Gasteiger partial charge in [0.25, 0.3) is 0 Å². The van der Waals surface area contributed by atoms with Crippen LogP contribution >= 0.6 is 0 Å². The Balaban J connectivity index is 2.20. The molecule has 0 unspecified atom stereocenters. The summed E-state index contributed by atoms with van der Waals surface area (Å²) in [5.74, 6) is 1.07. The van der Waals surface area contributed by atoms with E-state index in [1.54, 1.807) is 0 Å². The average molecular weight is 192 g/mol. The Hall–Kier alpha value is -1.09. The second-order valence-corrected chi connectivity index (χ2v) is 3.81. The van der Waals surface area contributed by atoms with Gasteiger partial charge in [0, 0.05) is 12.7 Å². The molecular formula is C11H16N2O. The largest absolute Gasteiger partial charge is 0.377 e. The van der Waals surface area contributed by atoms with Crippen molar-refractivity contribution in [3.63, 3.8) is 0 Å². The molecule has 1 aliphatic rings. The van der Waals surface area contributed by atoms with Gasteiger partial charge in [-0.05, 0) is 31.5 Å². The second kappa shape index (κ2) is 3.96. The molecule has 1 atom stereocenters. The van der Waals surface area contributed by atoms with Gasteiger partial charge in [-0.25, -0.2) is 4.98 Å². The zero-order valence-corrected chi connectivity index (χ0v) is 8.73. The quantitative estimate of drug-likeness (QED) is 0.676. The second-order valence-electron chi connectivity index (χ2n) is 3.81. The molecule has 1 fully saturated rings. The number of anilines is 1. The highest BCUT2D eigenvalue weighted by Crippen LogP contribution is 2.17. The van der Waals surface area contributed by atoms with E-state index in [0.717, 1.165) is 25.6 Å². The smallest absolute Gasteiger partial charge is 0.129 e. The number of rotatable bonds is 1. The lowest BCUT2D eigenvalue weighted by Crippen LogP contribution is -2.44. The van der Waals surface area contributed by atoms with Crippen LogP contribution in [0, 0.1) is 6.92 Å². The number of nitrogens with zero attached hydrogens (tertiary/aromatic N) is 2. The molecule has 1 aliphatic heterocycles. The van der Waals surface area contributed by atoms with Crippen LogP contribution in [-0.2, 0) is 4.74 Å². The maximum absolute atomic E-state index is 5.39. The van der Waals surface area contributed by atoms with Gasteiger partial charge in [0.2, 0.25) is 0 Å². The molecule has 3 heteroatoms. The Labute approximate surface area is 84.7 Å². The Morgan fingerprint density at radius 1 is 1.57 bits per heavy atom. The van der Waals surface area contributed by atoms with Crippen LogP contribution in [0.4, 0.5) is 5.82 Å². The highest BCUT2D eigenvalue weighted by atomic mass is 16.5. The van der Waals surface area contributed by atoms with Gasteiger partial charge in [-0.15, -0.1) is 0 Å². The third-order valence-electron chi connectivity index (χ3n) is 2.56. The van der Waals surface area contributed by atoms with Crippen LogP contribution in [0.2, 0.25) is 0 Å². The van der Waals surface area contributed by atoms with E-state index in [1.807, 2.05) is 12.3 Å². The minimum absolute atomic E-state index is 0.429. The topological polar surface area (TPSA) is 25.4 Å². The van der Waals surface area contributed by atoms with E-state index in [-0.39, 0.29) is 0 Å². The standard InChI is InChI=1S/C11H16N2O/c1-9-3-4-12-11(7-9)13-5-6-14-8-10(13)2/h3-4,7,10H,5-6,8H2,1-2H3/t10-/m1/s1. The molecule has 1 aromatic rings. The van der Waals surface area contributed by atoms with Crippen molar-refractivity contribution in [2.75, 3.05) is 24.7 Å². The molecule has 0 bridgehead atoms. The SMILES string of the molecule is Cc1ccnc(N2CCOC[C@H]2C)c1. The number of ether oxygens (including phenoxy) is 1. The summed E-state index contributed by atoms with van der Waals surface area (Å²) in [7, 11) is 0. The summed E-state index contributed by atoms with van der Waals surface area (Å²) in [5, 5.41) is 0. The van der Waals surface area contributed by atoms with Crippen molar-refractivity contribution in [2.24, 2.45) is 0 Å². The molecule has 1 aromatic heterocycles. The van der Waals surface area contributed by atoms with Crippen LogP contribution in [-0.4, -0.2) is 30.8 Å². The minimum atomic E-state index is 0.429. The third kappa shape index (κ3) is 1.87. The van der Waals surface area contributed by atoms with Crippen molar-refractivity contribution in [1.82, 2.24) is 4.98 Å². The van der Waals surface area contributed by atoms with Crippen LogP contribution in [0.25, 0.3) is 0 Å². The molecule has 2 rings (SSSR count).